The number of nitriles is 1. The number of carbonyl (C=O) groups excluding carboxylic acids is 1. The lowest BCUT2D eigenvalue weighted by Crippen LogP contribution is -2.45. The number of carbonyl (C=O) groups is 1. The molecule has 2 aromatic heterocycles. The summed E-state index contributed by atoms with van der Waals surface area (Å²) < 4.78 is 17.3. The Morgan fingerprint density at radius 2 is 2.17 bits per heavy atom. The zero-order chi connectivity index (χ0) is 20.5. The van der Waals surface area contributed by atoms with Crippen LogP contribution in [0.4, 0.5) is 5.88 Å². The van der Waals surface area contributed by atoms with E-state index in [2.05, 4.69) is 11.1 Å². The van der Waals surface area contributed by atoms with E-state index in [9.17, 15) is 10.1 Å². The minimum absolute atomic E-state index is 0.0108. The van der Waals surface area contributed by atoms with Gasteiger partial charge in [-0.1, -0.05) is 24.0 Å². The van der Waals surface area contributed by atoms with Gasteiger partial charge in [-0.15, -0.1) is 0 Å². The molecule has 2 fully saturated rings. The van der Waals surface area contributed by atoms with Crippen molar-refractivity contribution < 1.29 is 18.4 Å². The molecule has 0 saturated carbocycles. The van der Waals surface area contributed by atoms with Crippen molar-refractivity contribution in [2.75, 3.05) is 18.0 Å². The van der Waals surface area contributed by atoms with Crippen molar-refractivity contribution >= 4 is 46.2 Å². The lowest BCUT2D eigenvalue weighted by Gasteiger charge is -2.34. The van der Waals surface area contributed by atoms with Gasteiger partial charge >= 0.3 is 0 Å². The second kappa shape index (κ2) is 8.02. The van der Waals surface area contributed by atoms with Gasteiger partial charge in [0.15, 0.2) is 0 Å². The van der Waals surface area contributed by atoms with Crippen molar-refractivity contribution in [2.45, 2.75) is 32.6 Å². The molecule has 2 atom stereocenters. The molecule has 0 spiro atoms. The molecule has 2 aliphatic heterocycles. The number of nitrogens with zero attached hydrogens (tertiary/aromatic N) is 4. The molecular weight excluding hydrogens is 412 g/mol. The van der Waals surface area contributed by atoms with Crippen LogP contribution in [0.1, 0.15) is 31.2 Å². The van der Waals surface area contributed by atoms with Gasteiger partial charge in [0.1, 0.15) is 16.2 Å². The first-order chi connectivity index (χ1) is 13.9. The summed E-state index contributed by atoms with van der Waals surface area (Å²) in [7, 11) is 0. The summed E-state index contributed by atoms with van der Waals surface area (Å²) >= 11 is 6.49. The molecule has 2 aromatic rings. The van der Waals surface area contributed by atoms with Gasteiger partial charge in [-0.3, -0.25) is 9.69 Å². The first-order valence-corrected chi connectivity index (χ1v) is 10.3. The molecule has 8 nitrogen and oxygen atoms in total. The fraction of sp³-hybridized carbons (Fsp3) is 0.368. The van der Waals surface area contributed by atoms with Gasteiger partial charge in [0.05, 0.1) is 29.9 Å². The number of morpholine rings is 1. The Bertz CT molecular complexity index is 998. The Morgan fingerprint density at radius 1 is 1.41 bits per heavy atom. The lowest BCUT2D eigenvalue weighted by atomic mass is 10.2. The molecule has 0 radical (unpaired) electrons. The SMILES string of the molecule is CC1CN(c2oc(/C=C3/SC(=S)N(Cc4ccco4)C3=O)nc2C#N)CC(C)O1. The number of thiocarbonyl (C=S) groups is 1. The number of thioether (sulfide) groups is 1. The van der Waals surface area contributed by atoms with Crippen molar-refractivity contribution in [3.05, 3.63) is 40.6 Å². The molecule has 0 aliphatic carbocycles. The first-order valence-electron chi connectivity index (χ1n) is 9.03. The van der Waals surface area contributed by atoms with Crippen LogP contribution >= 0.6 is 24.0 Å². The van der Waals surface area contributed by atoms with E-state index in [0.717, 1.165) is 0 Å². The number of furan rings is 1. The smallest absolute Gasteiger partial charge is 0.266 e. The van der Waals surface area contributed by atoms with Crippen LogP contribution in [-0.2, 0) is 16.1 Å². The Balaban J connectivity index is 1.57. The lowest BCUT2D eigenvalue weighted by molar-refractivity contribution is -0.122. The van der Waals surface area contributed by atoms with Gasteiger partial charge in [0, 0.05) is 19.2 Å². The maximum Gasteiger partial charge on any atom is 0.266 e. The second-order valence-corrected chi connectivity index (χ2v) is 8.50. The van der Waals surface area contributed by atoms with Crippen LogP contribution in [0.2, 0.25) is 0 Å². The van der Waals surface area contributed by atoms with Gasteiger partial charge in [-0.05, 0) is 26.0 Å². The van der Waals surface area contributed by atoms with Crippen LogP contribution in [0.3, 0.4) is 0 Å². The normalized spacial score (nSPS) is 23.8. The summed E-state index contributed by atoms with van der Waals surface area (Å²) in [5.41, 5.74) is 0.184. The van der Waals surface area contributed by atoms with E-state index in [1.54, 1.807) is 18.4 Å². The summed E-state index contributed by atoms with van der Waals surface area (Å²) in [6, 6.07) is 5.61. The number of aromatic nitrogens is 1. The first kappa shape index (κ1) is 19.7. The molecule has 4 rings (SSSR count). The molecule has 2 saturated heterocycles. The number of amides is 1. The summed E-state index contributed by atoms with van der Waals surface area (Å²) in [4.78, 5) is 20.8. The molecule has 0 aromatic carbocycles. The molecule has 2 aliphatic rings. The fourth-order valence-electron chi connectivity index (χ4n) is 3.33. The van der Waals surface area contributed by atoms with Crippen LogP contribution in [0.15, 0.2) is 32.1 Å². The third-order valence-electron chi connectivity index (χ3n) is 4.46. The predicted molar refractivity (Wildman–Crippen MR) is 111 cm³/mol. The quantitative estimate of drug-likeness (QED) is 0.535. The zero-order valence-corrected chi connectivity index (χ0v) is 17.5. The second-order valence-electron chi connectivity index (χ2n) is 6.83. The van der Waals surface area contributed by atoms with E-state index in [1.165, 1.54) is 22.7 Å². The summed E-state index contributed by atoms with van der Waals surface area (Å²) in [6.07, 6.45) is 3.10. The van der Waals surface area contributed by atoms with Gasteiger partial charge in [-0.2, -0.15) is 10.2 Å². The third-order valence-corrected chi connectivity index (χ3v) is 5.84. The number of ether oxygens (including phenoxy) is 1. The third kappa shape index (κ3) is 4.07. The van der Waals surface area contributed by atoms with Gasteiger partial charge in [0.25, 0.3) is 5.91 Å². The predicted octanol–water partition coefficient (Wildman–Crippen LogP) is 3.15. The summed E-state index contributed by atoms with van der Waals surface area (Å²) in [5.74, 6) is 0.986. The minimum atomic E-state index is -0.247. The number of hydrogen-bond acceptors (Lipinski definition) is 9. The molecular formula is C19H18N4O4S2. The maximum absolute atomic E-state index is 12.7. The van der Waals surface area contributed by atoms with Crippen molar-refractivity contribution in [2.24, 2.45) is 0 Å². The Kier molecular flexibility index (Phi) is 5.45. The van der Waals surface area contributed by atoms with Crippen molar-refractivity contribution in [1.29, 1.82) is 5.26 Å². The van der Waals surface area contributed by atoms with Gasteiger partial charge in [-0.25, -0.2) is 0 Å². The molecule has 0 N–H and O–H groups in total. The number of rotatable bonds is 4. The summed E-state index contributed by atoms with van der Waals surface area (Å²) in [5, 5.41) is 9.47. The van der Waals surface area contributed by atoms with E-state index in [4.69, 9.17) is 25.8 Å². The number of anilines is 1. The van der Waals surface area contributed by atoms with E-state index in [-0.39, 0.29) is 36.2 Å². The fourth-order valence-corrected chi connectivity index (χ4v) is 4.55. The standard InChI is InChI=1S/C19H18N4O4S2/c1-11-8-22(9-12(2)26-11)18-14(7-20)21-16(27-18)6-15-17(24)23(19(28)29-15)10-13-4-3-5-25-13/h3-6,11-12H,8-10H2,1-2H3/b15-6+. The van der Waals surface area contributed by atoms with Crippen LogP contribution in [-0.4, -0.2) is 45.4 Å². The van der Waals surface area contributed by atoms with E-state index >= 15 is 0 Å². The van der Waals surface area contributed by atoms with Crippen molar-refractivity contribution in [3.63, 3.8) is 0 Å². The zero-order valence-electron chi connectivity index (χ0n) is 15.8. The number of hydrogen-bond donors (Lipinski definition) is 0. The molecule has 1 amide bonds. The molecule has 29 heavy (non-hydrogen) atoms. The largest absolute Gasteiger partial charge is 0.467 e. The molecule has 2 unspecified atom stereocenters. The highest BCUT2D eigenvalue weighted by atomic mass is 32.2. The van der Waals surface area contributed by atoms with E-state index < -0.39 is 0 Å². The Morgan fingerprint density at radius 3 is 2.83 bits per heavy atom. The minimum Gasteiger partial charge on any atom is -0.467 e. The Labute approximate surface area is 177 Å². The molecule has 150 valence electrons. The van der Waals surface area contributed by atoms with E-state index in [1.807, 2.05) is 18.7 Å². The van der Waals surface area contributed by atoms with Crippen molar-refractivity contribution in [1.82, 2.24) is 9.88 Å². The average molecular weight is 431 g/mol. The average Bonchev–Trinajstić information content (AvgIpc) is 3.38. The monoisotopic (exact) mass is 430 g/mol. The highest BCUT2D eigenvalue weighted by Crippen LogP contribution is 2.34. The molecule has 4 heterocycles. The van der Waals surface area contributed by atoms with Crippen LogP contribution < -0.4 is 4.90 Å². The number of oxazole rings is 1. The van der Waals surface area contributed by atoms with Gasteiger partial charge in [0.2, 0.25) is 17.5 Å². The van der Waals surface area contributed by atoms with Crippen LogP contribution in [0.25, 0.3) is 6.08 Å². The maximum atomic E-state index is 12.7. The molecule has 0 bridgehead atoms. The van der Waals surface area contributed by atoms with Crippen molar-refractivity contribution in [3.8, 4) is 6.07 Å². The Hall–Kier alpha value is -2.61. The topological polar surface area (TPSA) is 95.7 Å². The summed E-state index contributed by atoms with van der Waals surface area (Å²) in [6.45, 7) is 5.39. The highest BCUT2D eigenvalue weighted by molar-refractivity contribution is 8.26. The van der Waals surface area contributed by atoms with Crippen LogP contribution in [0, 0.1) is 11.3 Å². The van der Waals surface area contributed by atoms with E-state index in [0.29, 0.717) is 34.0 Å². The molecule has 10 heteroatoms. The van der Waals surface area contributed by atoms with Gasteiger partial charge < -0.3 is 18.5 Å². The van der Waals surface area contributed by atoms with Crippen LogP contribution in [0.5, 0.6) is 0 Å². The highest BCUT2D eigenvalue weighted by Gasteiger charge is 2.34.